The predicted molar refractivity (Wildman–Crippen MR) is 137 cm³/mol. The number of hydrogen-bond donors (Lipinski definition) is 1. The second-order valence-electron chi connectivity index (χ2n) is 8.60. The lowest BCUT2D eigenvalue weighted by Crippen LogP contribution is -2.25. The molecule has 182 valence electrons. The topological polar surface area (TPSA) is 74.1 Å². The van der Waals surface area contributed by atoms with Crippen molar-refractivity contribution in [3.05, 3.63) is 101 Å². The number of amides is 2. The predicted octanol–water partition coefficient (Wildman–Crippen LogP) is 5.45. The molecule has 1 N–H and O–H groups in total. The van der Waals surface area contributed by atoms with Crippen LogP contribution in [0.1, 0.15) is 35.6 Å². The minimum atomic E-state index is -0.740. The van der Waals surface area contributed by atoms with E-state index in [2.05, 4.69) is 10.3 Å². The quantitative estimate of drug-likeness (QED) is 0.501. The first-order valence-corrected chi connectivity index (χ1v) is 12.3. The van der Waals surface area contributed by atoms with E-state index in [0.717, 1.165) is 22.4 Å². The summed E-state index contributed by atoms with van der Waals surface area (Å²) < 4.78 is 27.3. The molecule has 3 aromatic carbocycles. The molecule has 2 amide bonds. The third-order valence-electron chi connectivity index (χ3n) is 5.99. The summed E-state index contributed by atoms with van der Waals surface area (Å²) in [6.07, 6.45) is 0.392. The summed E-state index contributed by atoms with van der Waals surface area (Å²) in [5.74, 6) is -1.79. The number of hydrazone groups is 1. The fourth-order valence-corrected chi connectivity index (χ4v) is 5.15. The molecule has 0 aliphatic carbocycles. The molecule has 2 heterocycles. The zero-order chi connectivity index (χ0) is 25.2. The SMILES string of the molecule is Cc1ccc([C@@H]2CC(c3ccc(F)cc3)=NN2C2=NC(=O)[C@H](CC(=O)Nc3ccccc3F)S2)cc1. The Labute approximate surface area is 211 Å². The lowest BCUT2D eigenvalue weighted by molar-refractivity contribution is -0.121. The van der Waals surface area contributed by atoms with Crippen LogP contribution in [-0.2, 0) is 9.59 Å². The van der Waals surface area contributed by atoms with Gasteiger partial charge in [0, 0.05) is 12.8 Å². The molecular weight excluding hydrogens is 482 g/mol. The normalized spacial score (nSPS) is 19.3. The zero-order valence-corrected chi connectivity index (χ0v) is 20.1. The molecule has 0 saturated heterocycles. The van der Waals surface area contributed by atoms with Crippen molar-refractivity contribution >= 4 is 40.1 Å². The van der Waals surface area contributed by atoms with Crippen LogP contribution in [0.4, 0.5) is 14.5 Å². The number of aryl methyl sites for hydroxylation is 1. The van der Waals surface area contributed by atoms with Gasteiger partial charge >= 0.3 is 0 Å². The third-order valence-corrected chi connectivity index (χ3v) is 7.14. The lowest BCUT2D eigenvalue weighted by Gasteiger charge is -2.23. The van der Waals surface area contributed by atoms with Crippen molar-refractivity contribution in [3.8, 4) is 0 Å². The van der Waals surface area contributed by atoms with E-state index in [1.807, 2.05) is 31.2 Å². The fourth-order valence-electron chi connectivity index (χ4n) is 4.09. The van der Waals surface area contributed by atoms with Gasteiger partial charge in [0.2, 0.25) is 5.91 Å². The number of anilines is 1. The molecule has 5 rings (SSSR count). The van der Waals surface area contributed by atoms with Crippen LogP contribution in [-0.4, -0.2) is 33.0 Å². The summed E-state index contributed by atoms with van der Waals surface area (Å²) in [5.41, 5.74) is 3.71. The second-order valence-corrected chi connectivity index (χ2v) is 9.77. The van der Waals surface area contributed by atoms with Crippen LogP contribution < -0.4 is 5.32 Å². The average molecular weight is 505 g/mol. The molecule has 0 unspecified atom stereocenters. The van der Waals surface area contributed by atoms with Gasteiger partial charge in [0.25, 0.3) is 5.91 Å². The highest BCUT2D eigenvalue weighted by Crippen LogP contribution is 2.38. The van der Waals surface area contributed by atoms with E-state index in [1.54, 1.807) is 23.2 Å². The molecule has 2 aliphatic rings. The molecule has 0 fully saturated rings. The Morgan fingerprint density at radius 1 is 1.06 bits per heavy atom. The molecule has 0 radical (unpaired) electrons. The van der Waals surface area contributed by atoms with Crippen LogP contribution in [0, 0.1) is 18.6 Å². The molecule has 3 aromatic rings. The molecule has 0 saturated carbocycles. The fraction of sp³-hybridized carbons (Fsp3) is 0.185. The number of benzene rings is 3. The van der Waals surface area contributed by atoms with Gasteiger partial charge in [-0.05, 0) is 42.3 Å². The van der Waals surface area contributed by atoms with Crippen molar-refractivity contribution in [1.82, 2.24) is 5.01 Å². The first kappa shape index (κ1) is 23.9. The number of aliphatic imine (C=N–C) groups is 1. The largest absolute Gasteiger partial charge is 0.324 e. The molecule has 36 heavy (non-hydrogen) atoms. The van der Waals surface area contributed by atoms with Crippen molar-refractivity contribution in [2.24, 2.45) is 10.1 Å². The van der Waals surface area contributed by atoms with E-state index in [9.17, 15) is 18.4 Å². The lowest BCUT2D eigenvalue weighted by atomic mass is 9.98. The first-order chi connectivity index (χ1) is 17.4. The van der Waals surface area contributed by atoms with E-state index in [4.69, 9.17) is 5.10 Å². The van der Waals surface area contributed by atoms with E-state index >= 15 is 0 Å². The number of thioether (sulfide) groups is 1. The third kappa shape index (κ3) is 5.06. The highest BCUT2D eigenvalue weighted by molar-refractivity contribution is 8.15. The average Bonchev–Trinajstić information content (AvgIpc) is 3.45. The zero-order valence-electron chi connectivity index (χ0n) is 19.3. The van der Waals surface area contributed by atoms with E-state index in [1.165, 1.54) is 42.1 Å². The van der Waals surface area contributed by atoms with Crippen molar-refractivity contribution in [2.45, 2.75) is 31.1 Å². The minimum Gasteiger partial charge on any atom is -0.324 e. The molecule has 0 aromatic heterocycles. The minimum absolute atomic E-state index is 0.0617. The summed E-state index contributed by atoms with van der Waals surface area (Å²) in [5, 5.41) is 8.63. The highest BCUT2D eigenvalue weighted by Gasteiger charge is 2.39. The van der Waals surface area contributed by atoms with Crippen molar-refractivity contribution in [3.63, 3.8) is 0 Å². The molecule has 0 spiro atoms. The number of para-hydroxylation sites is 1. The number of nitrogens with one attached hydrogen (secondary N) is 1. The van der Waals surface area contributed by atoms with Crippen LogP contribution >= 0.6 is 11.8 Å². The van der Waals surface area contributed by atoms with Gasteiger partial charge in [-0.2, -0.15) is 10.1 Å². The number of amidine groups is 1. The smallest absolute Gasteiger partial charge is 0.262 e. The number of carbonyl (C=O) groups is 2. The Balaban J connectivity index is 1.36. The molecule has 6 nitrogen and oxygen atoms in total. The Morgan fingerprint density at radius 2 is 1.78 bits per heavy atom. The van der Waals surface area contributed by atoms with E-state index in [-0.39, 0.29) is 24.0 Å². The maximum atomic E-state index is 13.9. The van der Waals surface area contributed by atoms with Crippen LogP contribution in [0.3, 0.4) is 0 Å². The number of nitrogens with zero attached hydrogens (tertiary/aromatic N) is 3. The summed E-state index contributed by atoms with van der Waals surface area (Å²) in [6.45, 7) is 2.00. The highest BCUT2D eigenvalue weighted by atomic mass is 32.2. The second kappa shape index (κ2) is 10.0. The van der Waals surface area contributed by atoms with Gasteiger partial charge in [0.15, 0.2) is 5.17 Å². The van der Waals surface area contributed by atoms with Gasteiger partial charge in [-0.3, -0.25) is 9.59 Å². The number of carbonyl (C=O) groups excluding carboxylic acids is 2. The van der Waals surface area contributed by atoms with Crippen molar-refractivity contribution in [2.75, 3.05) is 5.32 Å². The van der Waals surface area contributed by atoms with Crippen LogP contribution in [0.15, 0.2) is 82.9 Å². The van der Waals surface area contributed by atoms with Gasteiger partial charge in [-0.25, -0.2) is 13.8 Å². The molecular formula is C27H22F2N4O2S. The monoisotopic (exact) mass is 504 g/mol. The maximum absolute atomic E-state index is 13.9. The van der Waals surface area contributed by atoms with Gasteiger partial charge in [0.1, 0.15) is 16.9 Å². The number of rotatable bonds is 5. The maximum Gasteiger partial charge on any atom is 0.262 e. The Kier molecular flexibility index (Phi) is 6.65. The Morgan fingerprint density at radius 3 is 2.50 bits per heavy atom. The van der Waals surface area contributed by atoms with Crippen LogP contribution in [0.2, 0.25) is 0 Å². The summed E-state index contributed by atoms with van der Waals surface area (Å²) in [6, 6.07) is 19.8. The molecule has 2 atom stereocenters. The van der Waals surface area contributed by atoms with Gasteiger partial charge in [-0.15, -0.1) is 0 Å². The van der Waals surface area contributed by atoms with Gasteiger partial charge in [0.05, 0.1) is 17.4 Å². The first-order valence-electron chi connectivity index (χ1n) is 11.4. The summed E-state index contributed by atoms with van der Waals surface area (Å²) in [4.78, 5) is 29.4. The van der Waals surface area contributed by atoms with Crippen molar-refractivity contribution < 1.29 is 18.4 Å². The number of hydrogen-bond acceptors (Lipinski definition) is 5. The molecule has 9 heteroatoms. The van der Waals surface area contributed by atoms with E-state index in [0.29, 0.717) is 11.6 Å². The number of halogens is 2. The van der Waals surface area contributed by atoms with E-state index < -0.39 is 22.9 Å². The van der Waals surface area contributed by atoms with Crippen LogP contribution in [0.5, 0.6) is 0 Å². The van der Waals surface area contributed by atoms with Crippen molar-refractivity contribution in [1.29, 1.82) is 0 Å². The Hall–Kier alpha value is -3.85. The Bertz CT molecular complexity index is 1370. The van der Waals surface area contributed by atoms with Gasteiger partial charge < -0.3 is 5.32 Å². The summed E-state index contributed by atoms with van der Waals surface area (Å²) >= 11 is 1.17. The standard InChI is InChI=1S/C27H22F2N4O2S/c1-16-6-8-18(9-7-16)23-14-22(17-10-12-19(28)13-11-17)32-33(23)27-31-26(35)24(36-27)15-25(34)30-21-5-3-2-4-20(21)29/h2-13,23-24H,14-15H2,1H3,(H,30,34)/t23-,24-/m0/s1. The van der Waals surface area contributed by atoms with Crippen LogP contribution in [0.25, 0.3) is 0 Å². The molecule has 0 bridgehead atoms. The summed E-state index contributed by atoms with van der Waals surface area (Å²) in [7, 11) is 0. The van der Waals surface area contributed by atoms with Gasteiger partial charge in [-0.1, -0.05) is 65.9 Å². The molecule has 2 aliphatic heterocycles.